The number of esters is 1. The largest absolute Gasteiger partial charge is 0.465 e. The van der Waals surface area contributed by atoms with Crippen LogP contribution in [0.2, 0.25) is 5.15 Å². The number of allylic oxidation sites excluding steroid dienone is 1. The molecule has 1 aromatic rings. The molecule has 5 atom stereocenters. The van der Waals surface area contributed by atoms with Crippen LogP contribution in [0.15, 0.2) is 24.3 Å². The highest BCUT2D eigenvalue weighted by Gasteiger charge is 2.50. The van der Waals surface area contributed by atoms with E-state index < -0.39 is 0 Å². The number of hydrogen-bond acceptors (Lipinski definition) is 3. The molecule has 136 valence electrons. The Bertz CT molecular complexity index is 630. The molecule has 2 aliphatic carbocycles. The molecule has 2 heterocycles. The van der Waals surface area contributed by atoms with E-state index in [2.05, 4.69) is 17.1 Å². The first-order chi connectivity index (χ1) is 12.2. The second-order valence-electron chi connectivity index (χ2n) is 7.17. The van der Waals surface area contributed by atoms with Gasteiger partial charge in [-0.3, -0.25) is 4.79 Å². The zero-order chi connectivity index (χ0) is 17.8. The second-order valence-corrected chi connectivity index (χ2v) is 7.55. The van der Waals surface area contributed by atoms with Gasteiger partial charge in [0.05, 0.1) is 18.2 Å². The van der Waals surface area contributed by atoms with Crippen LogP contribution in [0, 0.1) is 29.6 Å². The van der Waals surface area contributed by atoms with Crippen LogP contribution in [0.4, 0.5) is 0 Å². The summed E-state index contributed by atoms with van der Waals surface area (Å²) in [5.41, 5.74) is 0.886. The van der Waals surface area contributed by atoms with Crippen LogP contribution in [-0.2, 0) is 9.53 Å². The summed E-state index contributed by atoms with van der Waals surface area (Å²) in [6, 6.07) is 5.68. The molecule has 0 spiro atoms. The van der Waals surface area contributed by atoms with E-state index in [9.17, 15) is 4.79 Å². The number of pyridine rings is 1. The predicted octanol–water partition coefficient (Wildman–Crippen LogP) is 5.39. The Labute approximate surface area is 155 Å². The van der Waals surface area contributed by atoms with E-state index in [0.29, 0.717) is 35.4 Å². The number of cyclic esters (lactones) is 1. The zero-order valence-corrected chi connectivity index (χ0v) is 15.9. The van der Waals surface area contributed by atoms with Gasteiger partial charge in [0, 0.05) is 5.92 Å². The second kappa shape index (κ2) is 8.35. The lowest BCUT2D eigenvalue weighted by molar-refractivity contribution is -0.142. The van der Waals surface area contributed by atoms with Gasteiger partial charge in [0.25, 0.3) is 0 Å². The predicted molar refractivity (Wildman–Crippen MR) is 101 cm³/mol. The van der Waals surface area contributed by atoms with Crippen molar-refractivity contribution in [2.75, 3.05) is 6.61 Å². The number of carbonyl (C=O) groups excluding carboxylic acids is 1. The summed E-state index contributed by atoms with van der Waals surface area (Å²) in [5, 5.41) is 0.517. The molecule has 0 radical (unpaired) electrons. The van der Waals surface area contributed by atoms with Crippen molar-refractivity contribution in [1.82, 2.24) is 4.98 Å². The number of rotatable bonds is 2. The highest BCUT2D eigenvalue weighted by molar-refractivity contribution is 6.29. The van der Waals surface area contributed by atoms with Gasteiger partial charge in [0.2, 0.25) is 0 Å². The Kier molecular flexibility index (Phi) is 6.16. The molecule has 0 bridgehead atoms. The molecule has 1 aliphatic heterocycles. The van der Waals surface area contributed by atoms with Crippen LogP contribution < -0.4 is 0 Å². The number of halogens is 1. The number of fused-ring (bicyclic) bond motifs is 2. The highest BCUT2D eigenvalue weighted by Crippen LogP contribution is 2.51. The van der Waals surface area contributed by atoms with Crippen LogP contribution in [0.25, 0.3) is 6.08 Å². The van der Waals surface area contributed by atoms with Crippen molar-refractivity contribution in [3.05, 3.63) is 35.1 Å². The molecule has 4 heteroatoms. The third-order valence-electron chi connectivity index (χ3n) is 5.98. The summed E-state index contributed by atoms with van der Waals surface area (Å²) in [5.74, 6) is 2.27. The molecule has 3 aliphatic rings. The maximum Gasteiger partial charge on any atom is 0.309 e. The minimum absolute atomic E-state index is 0.0262. The Morgan fingerprint density at radius 1 is 1.20 bits per heavy atom. The van der Waals surface area contributed by atoms with Crippen molar-refractivity contribution >= 4 is 23.6 Å². The van der Waals surface area contributed by atoms with Crippen molar-refractivity contribution < 1.29 is 9.53 Å². The Hall–Kier alpha value is -1.35. The fraction of sp³-hybridized carbons (Fsp3) is 0.619. The van der Waals surface area contributed by atoms with Crippen molar-refractivity contribution in [2.45, 2.75) is 46.0 Å². The SMILES string of the molecule is CC.O=C1OCC2C1CC1CCCCC1C2/C=C/c1cccc(Cl)n1. The van der Waals surface area contributed by atoms with Crippen LogP contribution in [0.5, 0.6) is 0 Å². The molecule has 0 aromatic carbocycles. The molecule has 0 N–H and O–H groups in total. The molecule has 1 aromatic heterocycles. The van der Waals surface area contributed by atoms with E-state index >= 15 is 0 Å². The molecule has 3 fully saturated rings. The van der Waals surface area contributed by atoms with Gasteiger partial charge in [-0.05, 0) is 48.8 Å². The molecule has 25 heavy (non-hydrogen) atoms. The molecule has 5 unspecified atom stereocenters. The molecule has 4 rings (SSSR count). The lowest BCUT2D eigenvalue weighted by atomic mass is 9.58. The van der Waals surface area contributed by atoms with E-state index in [-0.39, 0.29) is 11.9 Å². The molecule has 0 amide bonds. The number of hydrogen-bond donors (Lipinski definition) is 0. The first-order valence-electron chi connectivity index (χ1n) is 9.70. The van der Waals surface area contributed by atoms with Crippen LogP contribution in [0.1, 0.15) is 51.6 Å². The van der Waals surface area contributed by atoms with Gasteiger partial charge in [-0.25, -0.2) is 4.98 Å². The molecular weight excluding hydrogens is 334 g/mol. The van der Waals surface area contributed by atoms with E-state index in [1.54, 1.807) is 6.07 Å². The van der Waals surface area contributed by atoms with Gasteiger partial charge in [-0.2, -0.15) is 0 Å². The maximum atomic E-state index is 12.1. The quantitative estimate of drug-likeness (QED) is 0.523. The van der Waals surface area contributed by atoms with Crippen molar-refractivity contribution in [3.8, 4) is 0 Å². The fourth-order valence-corrected chi connectivity index (χ4v) is 5.09. The van der Waals surface area contributed by atoms with Crippen molar-refractivity contribution in [1.29, 1.82) is 0 Å². The summed E-state index contributed by atoms with van der Waals surface area (Å²) in [6.45, 7) is 4.59. The highest BCUT2D eigenvalue weighted by atomic mass is 35.5. The van der Waals surface area contributed by atoms with Gasteiger partial charge in [-0.1, -0.05) is 56.9 Å². The molecule has 2 saturated carbocycles. The number of carbonyl (C=O) groups is 1. The van der Waals surface area contributed by atoms with E-state index in [1.807, 2.05) is 26.0 Å². The van der Waals surface area contributed by atoms with Gasteiger partial charge < -0.3 is 4.74 Å². The monoisotopic (exact) mass is 361 g/mol. The third kappa shape index (κ3) is 3.92. The first kappa shape index (κ1) is 18.4. The number of ether oxygens (including phenoxy) is 1. The van der Waals surface area contributed by atoms with E-state index in [1.165, 1.54) is 25.7 Å². The maximum absolute atomic E-state index is 12.1. The van der Waals surface area contributed by atoms with E-state index in [4.69, 9.17) is 16.3 Å². The Balaban J connectivity index is 0.000000880. The van der Waals surface area contributed by atoms with Gasteiger partial charge in [0.15, 0.2) is 0 Å². The average Bonchev–Trinajstić information content (AvgIpc) is 3.01. The van der Waals surface area contributed by atoms with Gasteiger partial charge in [-0.15, -0.1) is 0 Å². The molecule has 3 nitrogen and oxygen atoms in total. The number of nitrogens with zero attached hydrogens (tertiary/aromatic N) is 1. The summed E-state index contributed by atoms with van der Waals surface area (Å²) in [4.78, 5) is 16.4. The zero-order valence-electron chi connectivity index (χ0n) is 15.2. The van der Waals surface area contributed by atoms with Crippen LogP contribution in [-0.4, -0.2) is 17.6 Å². The standard InChI is InChI=1S/C19H22ClNO2.C2H6/c20-18-7-3-5-13(21-18)8-9-15-14-6-2-1-4-12(14)10-16-17(15)11-23-19(16)22;1-2/h3,5,7-9,12,14-17H,1-2,4,6,10-11H2;1-2H3/b9-8+;. The van der Waals surface area contributed by atoms with Crippen molar-refractivity contribution in [3.63, 3.8) is 0 Å². The van der Waals surface area contributed by atoms with Crippen LogP contribution >= 0.6 is 11.6 Å². The average molecular weight is 362 g/mol. The lowest BCUT2D eigenvalue weighted by Crippen LogP contribution is -2.41. The molecule has 1 saturated heterocycles. The van der Waals surface area contributed by atoms with Crippen molar-refractivity contribution in [2.24, 2.45) is 29.6 Å². The third-order valence-corrected chi connectivity index (χ3v) is 6.19. The summed E-state index contributed by atoms with van der Waals surface area (Å²) in [6.07, 6.45) is 10.6. The lowest BCUT2D eigenvalue weighted by Gasteiger charge is -2.44. The Morgan fingerprint density at radius 3 is 2.80 bits per heavy atom. The summed E-state index contributed by atoms with van der Waals surface area (Å²) >= 11 is 5.98. The number of aromatic nitrogens is 1. The first-order valence-corrected chi connectivity index (χ1v) is 10.1. The summed E-state index contributed by atoms with van der Waals surface area (Å²) in [7, 11) is 0. The van der Waals surface area contributed by atoms with E-state index in [0.717, 1.165) is 12.1 Å². The topological polar surface area (TPSA) is 39.2 Å². The minimum atomic E-state index is 0.0262. The summed E-state index contributed by atoms with van der Waals surface area (Å²) < 4.78 is 5.40. The minimum Gasteiger partial charge on any atom is -0.465 e. The molecular formula is C21H28ClNO2. The fourth-order valence-electron chi connectivity index (χ4n) is 4.92. The Morgan fingerprint density at radius 2 is 2.00 bits per heavy atom. The van der Waals surface area contributed by atoms with Gasteiger partial charge in [0.1, 0.15) is 5.15 Å². The smallest absolute Gasteiger partial charge is 0.309 e. The normalized spacial score (nSPS) is 33.9. The van der Waals surface area contributed by atoms with Gasteiger partial charge >= 0.3 is 5.97 Å². The van der Waals surface area contributed by atoms with Crippen LogP contribution in [0.3, 0.4) is 0 Å².